The van der Waals surface area contributed by atoms with E-state index in [4.69, 9.17) is 0 Å². The minimum Gasteiger partial charge on any atom is -0.343 e. The summed E-state index contributed by atoms with van der Waals surface area (Å²) in [5.41, 5.74) is 5.44. The molecule has 2 aromatic carbocycles. The number of benzene rings is 2. The van der Waals surface area contributed by atoms with Crippen LogP contribution in [-0.2, 0) is 17.8 Å². The van der Waals surface area contributed by atoms with Crippen LogP contribution in [0.15, 0.2) is 79.3 Å². The molecule has 1 aliphatic rings. The van der Waals surface area contributed by atoms with Crippen LogP contribution in [-0.4, -0.2) is 38.4 Å². The number of aromatic nitrogens is 3. The molecule has 0 bridgehead atoms. The van der Waals surface area contributed by atoms with Gasteiger partial charge in [0.2, 0.25) is 5.91 Å². The molecule has 0 unspecified atom stereocenters. The summed E-state index contributed by atoms with van der Waals surface area (Å²) in [7, 11) is 0. The third kappa shape index (κ3) is 4.57. The fraction of sp³-hybridized carbons (Fsp3) is 0.296. The van der Waals surface area contributed by atoms with Gasteiger partial charge in [0.1, 0.15) is 0 Å². The molecule has 1 aliphatic heterocycles. The van der Waals surface area contributed by atoms with E-state index in [0.29, 0.717) is 12.3 Å². The molecule has 3 heterocycles. The zero-order valence-corrected chi connectivity index (χ0v) is 18.2. The minimum atomic E-state index is 0.280. The molecule has 0 saturated carbocycles. The second-order valence-electron chi connectivity index (χ2n) is 8.63. The van der Waals surface area contributed by atoms with Gasteiger partial charge in [-0.3, -0.25) is 9.78 Å². The highest BCUT2D eigenvalue weighted by Gasteiger charge is 2.23. The van der Waals surface area contributed by atoms with E-state index in [1.54, 1.807) is 0 Å². The van der Waals surface area contributed by atoms with Gasteiger partial charge in [0, 0.05) is 37.8 Å². The van der Waals surface area contributed by atoms with Crippen LogP contribution in [0.1, 0.15) is 24.8 Å². The van der Waals surface area contributed by atoms with Crippen molar-refractivity contribution < 1.29 is 4.79 Å². The van der Waals surface area contributed by atoms with Crippen molar-refractivity contribution in [1.82, 2.24) is 19.4 Å². The molecular weight excluding hydrogens is 396 g/mol. The van der Waals surface area contributed by atoms with Crippen LogP contribution in [0.25, 0.3) is 22.3 Å². The van der Waals surface area contributed by atoms with Crippen molar-refractivity contribution in [1.29, 1.82) is 0 Å². The van der Waals surface area contributed by atoms with Crippen molar-refractivity contribution in [3.8, 4) is 11.3 Å². The number of fused-ring (bicyclic) bond motifs is 1. The number of hydrogen-bond acceptors (Lipinski definition) is 3. The molecule has 5 heteroatoms. The lowest BCUT2D eigenvalue weighted by Gasteiger charge is -2.32. The molecular formula is C27H28N4O. The minimum absolute atomic E-state index is 0.280. The monoisotopic (exact) mass is 424 g/mol. The highest BCUT2D eigenvalue weighted by Crippen LogP contribution is 2.25. The molecule has 4 aromatic rings. The summed E-state index contributed by atoms with van der Waals surface area (Å²) in [6, 6.07) is 22.6. The number of imidazole rings is 1. The Balaban J connectivity index is 1.17. The molecule has 162 valence electrons. The second-order valence-corrected chi connectivity index (χ2v) is 8.63. The first-order chi connectivity index (χ1) is 15.8. The van der Waals surface area contributed by atoms with Gasteiger partial charge < -0.3 is 9.47 Å². The second kappa shape index (κ2) is 9.35. The highest BCUT2D eigenvalue weighted by atomic mass is 16.2. The highest BCUT2D eigenvalue weighted by molar-refractivity contribution is 5.81. The number of aryl methyl sites for hydroxylation is 1. The molecule has 0 aliphatic carbocycles. The van der Waals surface area contributed by atoms with E-state index in [1.165, 1.54) is 5.56 Å². The number of pyridine rings is 1. The summed E-state index contributed by atoms with van der Waals surface area (Å²) in [5.74, 6) is 0.850. The number of amides is 1. The third-order valence-corrected chi connectivity index (χ3v) is 6.47. The van der Waals surface area contributed by atoms with E-state index in [9.17, 15) is 4.79 Å². The topological polar surface area (TPSA) is 51.0 Å². The molecule has 1 fully saturated rings. The maximum absolute atomic E-state index is 12.6. The number of rotatable bonds is 6. The summed E-state index contributed by atoms with van der Waals surface area (Å²) in [6.07, 6.45) is 7.27. The lowest BCUT2D eigenvalue weighted by Crippen LogP contribution is -2.39. The summed E-state index contributed by atoms with van der Waals surface area (Å²) in [6.45, 7) is 2.66. The van der Waals surface area contributed by atoms with Crippen LogP contribution in [0.5, 0.6) is 0 Å². The Labute approximate surface area is 188 Å². The Kier molecular flexibility index (Phi) is 5.97. The molecule has 0 spiro atoms. The molecule has 0 radical (unpaired) electrons. The maximum Gasteiger partial charge on any atom is 0.222 e. The number of carbonyl (C=O) groups is 1. The molecule has 1 saturated heterocycles. The lowest BCUT2D eigenvalue weighted by atomic mass is 9.96. The average Bonchev–Trinajstić information content (AvgIpc) is 3.26. The molecule has 0 N–H and O–H groups in total. The van der Waals surface area contributed by atoms with Gasteiger partial charge in [-0.25, -0.2) is 4.98 Å². The van der Waals surface area contributed by atoms with Gasteiger partial charge in [-0.15, -0.1) is 0 Å². The van der Waals surface area contributed by atoms with Crippen molar-refractivity contribution in [3.63, 3.8) is 0 Å². The van der Waals surface area contributed by atoms with E-state index in [0.717, 1.165) is 61.2 Å². The molecule has 5 rings (SSSR count). The van der Waals surface area contributed by atoms with Gasteiger partial charge in [0.05, 0.1) is 23.1 Å². The van der Waals surface area contributed by atoms with Gasteiger partial charge in [0.25, 0.3) is 0 Å². The van der Waals surface area contributed by atoms with Crippen LogP contribution < -0.4 is 0 Å². The smallest absolute Gasteiger partial charge is 0.222 e. The zero-order chi connectivity index (χ0) is 21.8. The Morgan fingerprint density at radius 2 is 1.75 bits per heavy atom. The largest absolute Gasteiger partial charge is 0.343 e. The van der Waals surface area contributed by atoms with Gasteiger partial charge in [0.15, 0.2) is 0 Å². The van der Waals surface area contributed by atoms with Crippen LogP contribution in [0, 0.1) is 5.92 Å². The van der Waals surface area contributed by atoms with E-state index >= 15 is 0 Å². The van der Waals surface area contributed by atoms with Crippen molar-refractivity contribution in [2.24, 2.45) is 5.92 Å². The normalized spacial score (nSPS) is 14.7. The van der Waals surface area contributed by atoms with E-state index in [2.05, 4.69) is 44.9 Å². The van der Waals surface area contributed by atoms with Crippen molar-refractivity contribution in [2.75, 3.05) is 13.1 Å². The summed E-state index contributed by atoms with van der Waals surface area (Å²) in [4.78, 5) is 23.7. The van der Waals surface area contributed by atoms with Crippen LogP contribution in [0.4, 0.5) is 0 Å². The zero-order valence-electron chi connectivity index (χ0n) is 18.2. The Morgan fingerprint density at radius 3 is 2.53 bits per heavy atom. The third-order valence-electron chi connectivity index (χ3n) is 6.47. The SMILES string of the molecule is O=C(CCc1ccccc1)N1CCC(Cn2cnc3cc(-c4ccccn4)ccc32)CC1. The summed E-state index contributed by atoms with van der Waals surface area (Å²) in [5, 5.41) is 0. The summed E-state index contributed by atoms with van der Waals surface area (Å²) < 4.78 is 2.26. The number of hydrogen-bond donors (Lipinski definition) is 0. The van der Waals surface area contributed by atoms with Crippen LogP contribution in [0.2, 0.25) is 0 Å². The molecule has 1 amide bonds. The molecule has 5 nitrogen and oxygen atoms in total. The number of carbonyl (C=O) groups excluding carboxylic acids is 1. The van der Waals surface area contributed by atoms with Gasteiger partial charge in [-0.1, -0.05) is 42.5 Å². The van der Waals surface area contributed by atoms with Gasteiger partial charge in [-0.05, 0) is 55.0 Å². The quantitative estimate of drug-likeness (QED) is 0.439. The van der Waals surface area contributed by atoms with Crippen molar-refractivity contribution in [3.05, 3.63) is 84.8 Å². The predicted octanol–water partition coefficient (Wildman–Crippen LogP) is 4.97. The Hall–Kier alpha value is -3.47. The lowest BCUT2D eigenvalue weighted by molar-refractivity contribution is -0.132. The standard InChI is InChI=1S/C27H28N4O/c32-27(12-9-21-6-2-1-3-7-21)30-16-13-22(14-17-30)19-31-20-29-25-18-23(10-11-26(25)31)24-8-4-5-15-28-24/h1-8,10-11,15,18,20,22H,9,12-14,16-17,19H2. The number of likely N-dealkylation sites (tertiary alicyclic amines) is 1. The van der Waals surface area contributed by atoms with Crippen LogP contribution >= 0.6 is 0 Å². The van der Waals surface area contributed by atoms with Gasteiger partial charge >= 0.3 is 0 Å². The first-order valence-electron chi connectivity index (χ1n) is 11.4. The van der Waals surface area contributed by atoms with Crippen molar-refractivity contribution in [2.45, 2.75) is 32.2 Å². The van der Waals surface area contributed by atoms with E-state index in [-0.39, 0.29) is 5.91 Å². The summed E-state index contributed by atoms with van der Waals surface area (Å²) >= 11 is 0. The Morgan fingerprint density at radius 1 is 0.938 bits per heavy atom. The predicted molar refractivity (Wildman–Crippen MR) is 127 cm³/mol. The first-order valence-corrected chi connectivity index (χ1v) is 11.4. The number of nitrogens with zero attached hydrogens (tertiary/aromatic N) is 4. The number of piperidine rings is 1. The maximum atomic E-state index is 12.6. The average molecular weight is 425 g/mol. The van der Waals surface area contributed by atoms with Crippen LogP contribution in [0.3, 0.4) is 0 Å². The van der Waals surface area contributed by atoms with Crippen molar-refractivity contribution >= 4 is 16.9 Å². The molecule has 0 atom stereocenters. The molecule has 2 aromatic heterocycles. The van der Waals surface area contributed by atoms with Gasteiger partial charge in [-0.2, -0.15) is 0 Å². The van der Waals surface area contributed by atoms with E-state index in [1.807, 2.05) is 53.8 Å². The fourth-order valence-electron chi connectivity index (χ4n) is 4.60. The molecule has 32 heavy (non-hydrogen) atoms. The Bertz CT molecular complexity index is 1180. The fourth-order valence-corrected chi connectivity index (χ4v) is 4.60. The van der Waals surface area contributed by atoms with E-state index < -0.39 is 0 Å². The first kappa shape index (κ1) is 20.4.